The number of furan rings is 1. The number of benzene rings is 8. The maximum Gasteiger partial charge on any atom is 0.159 e. The minimum atomic E-state index is 0. The molecule has 8 aromatic carbocycles. The standard InChI is InChI=1S/C20H16NO.C18H14N.C17H12N.C12H10N.C11H8N.C11H20O2.3Ir/c1-13(2)14-7-5-8-15-16-9-6-10-17(20(16)22-19(14)15)18-11-3-4-12-21-18;1-14-7-9-15(10-8-14)17-11-12-19-18(13-17)16-5-3-2-4-6-16;1-3-7-14(8-4-1)16-11-12-17(18-13-16)15-9-5-2-6-10-15;1-10-7-8-12(13-9-10)11-5-3-2-4-6-11;1-2-6-10(7-3-1)11-8-4-5-9-12-11;1-8(2)5-10(12)7-11(13)6-9(3)4;;;/h3-9,11-13H,1-2H3;2-5,7-13H,1H3;1-9,11-13H;2-5,7-9H,1H3;1-6,8-9H;7-9,12H,5-6H2,1-4H3;;;/q5*-1;;;;. The van der Waals surface area contributed by atoms with Crippen molar-refractivity contribution in [2.45, 2.75) is 74.1 Å². The Kier molecular flexibility index (Phi) is 33.2. The summed E-state index contributed by atoms with van der Waals surface area (Å²) in [6.45, 7) is 16.5. The van der Waals surface area contributed by atoms with Crippen LogP contribution in [0.2, 0.25) is 0 Å². The summed E-state index contributed by atoms with van der Waals surface area (Å²) in [6, 6.07) is 101. The van der Waals surface area contributed by atoms with Gasteiger partial charge in [0, 0.05) is 116 Å². The number of fused-ring (bicyclic) bond motifs is 3. The summed E-state index contributed by atoms with van der Waals surface area (Å²) < 4.78 is 6.26. The number of nitrogens with zero attached hydrogens (tertiary/aromatic N) is 5. The Hall–Kier alpha value is -9.53. The average Bonchev–Trinajstić information content (AvgIpc) is 1.61. The van der Waals surface area contributed by atoms with Gasteiger partial charge in [0.05, 0.1) is 11.3 Å². The van der Waals surface area contributed by atoms with Gasteiger partial charge in [-0.3, -0.25) is 4.79 Å². The number of aryl methyl sites for hydroxylation is 2. The van der Waals surface area contributed by atoms with Gasteiger partial charge in [0.25, 0.3) is 0 Å². The van der Waals surface area contributed by atoms with E-state index in [1.54, 1.807) is 12.4 Å². The van der Waals surface area contributed by atoms with Gasteiger partial charge in [-0.05, 0) is 112 Å². The van der Waals surface area contributed by atoms with E-state index in [-0.39, 0.29) is 71.9 Å². The largest absolute Gasteiger partial charge is 0.512 e. The third-order valence-electron chi connectivity index (χ3n) is 15.1. The molecule has 0 unspecified atom stereocenters. The SMILES string of the molecule is CC(C)CC(=O)C=C(O)CC(C)C.CC(C)c1cccc2c1oc1c(-c3ccccn3)[c-]ccc12.Cc1ccc(-c2[c-]cccc2)nc1.Cc1ccc(-c2ccnc(-c3[c-]cccc3)c2)cc1.[Ir].[Ir].[Ir].[c-]1ccccc1-c1ccc(-c2ccccc2)cn1.[c-]1ccccc1-c1ccccn1. The zero-order chi connectivity index (χ0) is 68.1. The first kappa shape index (κ1) is 79.5. The Morgan fingerprint density at radius 3 is 1.38 bits per heavy atom. The van der Waals surface area contributed by atoms with Crippen LogP contribution in [0.5, 0.6) is 0 Å². The van der Waals surface area contributed by atoms with Crippen molar-refractivity contribution in [2.24, 2.45) is 11.8 Å². The molecule has 6 aromatic heterocycles. The summed E-state index contributed by atoms with van der Waals surface area (Å²) >= 11 is 0. The number of carbonyl (C=O) groups is 1. The summed E-state index contributed by atoms with van der Waals surface area (Å²) in [4.78, 5) is 33.1. The van der Waals surface area contributed by atoms with Crippen LogP contribution in [0.15, 0.2) is 302 Å². The number of ketones is 1. The fourth-order valence-corrected chi connectivity index (χ4v) is 10.3. The van der Waals surface area contributed by atoms with E-state index in [1.807, 2.05) is 229 Å². The maximum absolute atomic E-state index is 11.2. The Morgan fingerprint density at radius 2 is 0.880 bits per heavy atom. The predicted octanol–water partition coefficient (Wildman–Crippen LogP) is 22.8. The molecule has 511 valence electrons. The number of allylic oxidation sites excluding steroid dienone is 2. The van der Waals surface area contributed by atoms with E-state index in [0.29, 0.717) is 30.6 Å². The number of aromatic nitrogens is 5. The van der Waals surface area contributed by atoms with Crippen LogP contribution < -0.4 is 0 Å². The minimum absolute atomic E-state index is 0. The van der Waals surface area contributed by atoms with Crippen molar-refractivity contribution in [1.82, 2.24) is 24.9 Å². The molecule has 3 radical (unpaired) electrons. The van der Waals surface area contributed by atoms with Gasteiger partial charge in [-0.25, -0.2) is 0 Å². The van der Waals surface area contributed by atoms with Gasteiger partial charge in [-0.1, -0.05) is 185 Å². The van der Waals surface area contributed by atoms with Gasteiger partial charge < -0.3 is 34.4 Å². The molecule has 0 saturated carbocycles. The summed E-state index contributed by atoms with van der Waals surface area (Å²) in [5, 5.41) is 11.6. The average molecular weight is 1840 g/mol. The molecule has 1 N–H and O–H groups in total. The molecule has 0 fully saturated rings. The Balaban J connectivity index is 0.000000191. The Morgan fingerprint density at radius 1 is 0.400 bits per heavy atom. The molecule has 100 heavy (non-hydrogen) atoms. The van der Waals surface area contributed by atoms with Gasteiger partial charge in [-0.2, -0.15) is 0 Å². The molecule has 0 saturated heterocycles. The van der Waals surface area contributed by atoms with E-state index in [2.05, 4.69) is 155 Å². The summed E-state index contributed by atoms with van der Waals surface area (Å²) in [5.41, 5.74) is 20.1. The molecular formula is C89H80Ir3N5O3-5. The first-order valence-corrected chi connectivity index (χ1v) is 32.7. The summed E-state index contributed by atoms with van der Waals surface area (Å²) in [7, 11) is 0. The summed E-state index contributed by atoms with van der Waals surface area (Å²) in [5.74, 6) is 1.40. The van der Waals surface area contributed by atoms with Crippen molar-refractivity contribution in [3.8, 4) is 78.5 Å². The van der Waals surface area contributed by atoms with Gasteiger partial charge in [0.15, 0.2) is 5.78 Å². The number of carbonyl (C=O) groups excluding carboxylic acids is 1. The van der Waals surface area contributed by atoms with E-state index >= 15 is 0 Å². The summed E-state index contributed by atoms with van der Waals surface area (Å²) in [6.07, 6.45) is 11.7. The number of pyridine rings is 5. The molecule has 0 aliphatic heterocycles. The van der Waals surface area contributed by atoms with Gasteiger partial charge in [0.2, 0.25) is 0 Å². The number of rotatable bonds is 13. The van der Waals surface area contributed by atoms with E-state index < -0.39 is 0 Å². The third kappa shape index (κ3) is 24.4. The molecule has 0 amide bonds. The first-order valence-electron chi connectivity index (χ1n) is 32.7. The molecule has 11 heteroatoms. The van der Waals surface area contributed by atoms with Crippen molar-refractivity contribution < 1.29 is 74.6 Å². The fourth-order valence-electron chi connectivity index (χ4n) is 10.3. The van der Waals surface area contributed by atoms with Crippen LogP contribution in [0.25, 0.3) is 100 Å². The maximum atomic E-state index is 11.2. The van der Waals surface area contributed by atoms with E-state index in [9.17, 15) is 9.90 Å². The van der Waals surface area contributed by atoms with Crippen LogP contribution in [0, 0.1) is 56.0 Å². The Labute approximate surface area is 631 Å². The van der Waals surface area contributed by atoms with Crippen molar-refractivity contribution in [3.05, 3.63) is 345 Å². The van der Waals surface area contributed by atoms with E-state index in [0.717, 1.165) is 83.8 Å². The molecule has 14 aromatic rings. The second kappa shape index (κ2) is 41.8. The second-order valence-electron chi connectivity index (χ2n) is 24.2. The predicted molar refractivity (Wildman–Crippen MR) is 399 cm³/mol. The molecule has 0 aliphatic rings. The topological polar surface area (TPSA) is 115 Å². The van der Waals surface area contributed by atoms with Gasteiger partial charge >= 0.3 is 0 Å². The van der Waals surface area contributed by atoms with Crippen molar-refractivity contribution in [1.29, 1.82) is 0 Å². The van der Waals surface area contributed by atoms with Gasteiger partial charge in [0.1, 0.15) is 5.58 Å². The molecular weight excluding hydrogens is 1760 g/mol. The van der Waals surface area contributed by atoms with E-state index in [4.69, 9.17) is 4.42 Å². The Bertz CT molecular complexity index is 4570. The normalized spacial score (nSPS) is 10.4. The van der Waals surface area contributed by atoms with Gasteiger partial charge in [-0.15, -0.1) is 162 Å². The van der Waals surface area contributed by atoms with Crippen LogP contribution in [0.1, 0.15) is 77.0 Å². The minimum Gasteiger partial charge on any atom is -0.512 e. The van der Waals surface area contributed by atoms with Crippen LogP contribution in [0.3, 0.4) is 0 Å². The van der Waals surface area contributed by atoms with Crippen molar-refractivity contribution in [3.63, 3.8) is 0 Å². The number of aliphatic hydroxyl groups excluding tert-OH is 1. The molecule has 0 bridgehead atoms. The fraction of sp³-hybridized carbons (Fsp3) is 0.146. The molecule has 0 spiro atoms. The quantitative estimate of drug-likeness (QED) is 0.0690. The third-order valence-corrected chi connectivity index (χ3v) is 15.1. The zero-order valence-corrected chi connectivity index (χ0v) is 64.5. The molecule has 8 nitrogen and oxygen atoms in total. The van der Waals surface area contributed by atoms with Crippen LogP contribution in [0.4, 0.5) is 0 Å². The molecule has 14 rings (SSSR count). The van der Waals surface area contributed by atoms with Crippen molar-refractivity contribution in [2.75, 3.05) is 0 Å². The molecule has 6 heterocycles. The number of hydrogen-bond acceptors (Lipinski definition) is 8. The second-order valence-corrected chi connectivity index (χ2v) is 24.2. The number of aliphatic hydroxyl groups is 1. The monoisotopic (exact) mass is 1850 g/mol. The zero-order valence-electron chi connectivity index (χ0n) is 57.4. The molecule has 0 aliphatic carbocycles. The number of hydrogen-bond donors (Lipinski definition) is 1. The first-order chi connectivity index (χ1) is 47.3. The smallest absolute Gasteiger partial charge is 0.159 e. The molecule has 0 atom stereocenters. The van der Waals surface area contributed by atoms with Crippen molar-refractivity contribution >= 4 is 27.7 Å². The van der Waals surface area contributed by atoms with Crippen LogP contribution in [-0.4, -0.2) is 35.8 Å². The van der Waals surface area contributed by atoms with E-state index in [1.165, 1.54) is 39.5 Å². The van der Waals surface area contributed by atoms with Crippen LogP contribution >= 0.6 is 0 Å². The number of para-hydroxylation sites is 1. The van der Waals surface area contributed by atoms with Crippen LogP contribution in [-0.2, 0) is 65.1 Å².